The molecule has 2 aromatic rings. The Labute approximate surface area is 163 Å². The lowest BCUT2D eigenvalue weighted by molar-refractivity contribution is -0.137. The number of amides is 1. The number of nitrogens with one attached hydrogen (secondary N) is 1. The SMILES string of the molecule is C=NN(C1=C(C)C(=O)NCC1)c1cnnc(Cc2cc(F)cc(C(F)(F)F)c2)c1. The van der Waals surface area contributed by atoms with Gasteiger partial charge >= 0.3 is 6.18 Å². The molecule has 0 saturated heterocycles. The van der Waals surface area contributed by atoms with Crippen LogP contribution < -0.4 is 10.3 Å². The minimum Gasteiger partial charge on any atom is -0.352 e. The Morgan fingerprint density at radius 3 is 2.72 bits per heavy atom. The van der Waals surface area contributed by atoms with Crippen LogP contribution in [-0.4, -0.2) is 29.4 Å². The summed E-state index contributed by atoms with van der Waals surface area (Å²) in [7, 11) is 0. The summed E-state index contributed by atoms with van der Waals surface area (Å²) in [6.07, 6.45) is -2.80. The van der Waals surface area contributed by atoms with Crippen LogP contribution in [0.3, 0.4) is 0 Å². The number of alkyl halides is 3. The van der Waals surface area contributed by atoms with Crippen molar-refractivity contribution in [1.29, 1.82) is 0 Å². The number of hydrazone groups is 1. The second-order valence-electron chi connectivity index (χ2n) is 6.46. The number of nitrogens with zero attached hydrogens (tertiary/aromatic N) is 4. The molecule has 29 heavy (non-hydrogen) atoms. The van der Waals surface area contributed by atoms with Crippen LogP contribution in [-0.2, 0) is 17.4 Å². The topological polar surface area (TPSA) is 70.5 Å². The minimum absolute atomic E-state index is 0.0643. The number of carbonyl (C=O) groups is 1. The fourth-order valence-corrected chi connectivity index (χ4v) is 3.06. The lowest BCUT2D eigenvalue weighted by Crippen LogP contribution is -2.35. The number of hydrogen-bond acceptors (Lipinski definition) is 5. The molecule has 152 valence electrons. The van der Waals surface area contributed by atoms with Crippen molar-refractivity contribution >= 4 is 18.3 Å². The third-order valence-corrected chi connectivity index (χ3v) is 4.42. The van der Waals surface area contributed by atoms with E-state index in [1.165, 1.54) is 11.2 Å². The van der Waals surface area contributed by atoms with Crippen LogP contribution in [0.2, 0.25) is 0 Å². The lowest BCUT2D eigenvalue weighted by atomic mass is 10.0. The van der Waals surface area contributed by atoms with Crippen LogP contribution in [0.5, 0.6) is 0 Å². The molecule has 1 aliphatic heterocycles. The van der Waals surface area contributed by atoms with Crippen molar-refractivity contribution in [2.24, 2.45) is 5.10 Å². The predicted octanol–water partition coefficient (Wildman–Crippen LogP) is 3.44. The van der Waals surface area contributed by atoms with Gasteiger partial charge in [0, 0.05) is 31.7 Å². The number of carbonyl (C=O) groups excluding carboxylic acids is 1. The standard InChI is InChI=1S/C19H17F4N5O/c1-11-17(3-4-25-18(11)29)28(24-2)16-9-15(27-26-10-16)7-12-5-13(19(21,22)23)8-14(20)6-12/h5-6,8-10H,2-4,7H2,1H3,(H,25,29). The van der Waals surface area contributed by atoms with Gasteiger partial charge in [-0.25, -0.2) is 9.40 Å². The van der Waals surface area contributed by atoms with E-state index < -0.39 is 17.6 Å². The first-order valence-corrected chi connectivity index (χ1v) is 8.62. The van der Waals surface area contributed by atoms with Gasteiger partial charge in [0.15, 0.2) is 0 Å². The third kappa shape index (κ3) is 4.58. The summed E-state index contributed by atoms with van der Waals surface area (Å²) in [5.41, 5.74) is 0.902. The van der Waals surface area contributed by atoms with Crippen LogP contribution in [0.25, 0.3) is 0 Å². The highest BCUT2D eigenvalue weighted by Gasteiger charge is 2.31. The highest BCUT2D eigenvalue weighted by molar-refractivity contribution is 5.95. The molecule has 0 radical (unpaired) electrons. The monoisotopic (exact) mass is 407 g/mol. The lowest BCUT2D eigenvalue weighted by Gasteiger charge is -2.26. The molecule has 1 aliphatic rings. The zero-order chi connectivity index (χ0) is 21.2. The predicted molar refractivity (Wildman–Crippen MR) is 98.6 cm³/mol. The van der Waals surface area contributed by atoms with Crippen molar-refractivity contribution in [1.82, 2.24) is 15.5 Å². The van der Waals surface area contributed by atoms with Gasteiger partial charge in [0.25, 0.3) is 0 Å². The smallest absolute Gasteiger partial charge is 0.352 e. The number of rotatable bonds is 5. The summed E-state index contributed by atoms with van der Waals surface area (Å²) in [6, 6.07) is 3.90. The van der Waals surface area contributed by atoms with E-state index in [1.54, 1.807) is 13.0 Å². The second kappa shape index (κ2) is 7.98. The highest BCUT2D eigenvalue weighted by Crippen LogP contribution is 2.31. The molecule has 0 atom stereocenters. The number of anilines is 1. The van der Waals surface area contributed by atoms with Crippen LogP contribution >= 0.6 is 0 Å². The molecule has 1 N–H and O–H groups in total. The van der Waals surface area contributed by atoms with Gasteiger partial charge in [0.2, 0.25) is 5.91 Å². The molecule has 0 fully saturated rings. The molecule has 1 amide bonds. The first-order chi connectivity index (χ1) is 13.7. The van der Waals surface area contributed by atoms with Gasteiger partial charge in [-0.05, 0) is 36.8 Å². The number of aromatic nitrogens is 2. The van der Waals surface area contributed by atoms with E-state index in [0.717, 1.165) is 12.1 Å². The van der Waals surface area contributed by atoms with Crippen molar-refractivity contribution in [3.63, 3.8) is 0 Å². The summed E-state index contributed by atoms with van der Waals surface area (Å²) in [5.74, 6) is -1.20. The van der Waals surface area contributed by atoms with Gasteiger partial charge in [0.05, 0.1) is 28.8 Å². The van der Waals surface area contributed by atoms with Gasteiger partial charge in [-0.3, -0.25) is 4.79 Å². The molecule has 10 heteroatoms. The van der Waals surface area contributed by atoms with Gasteiger partial charge < -0.3 is 5.32 Å². The van der Waals surface area contributed by atoms with Crippen molar-refractivity contribution in [2.45, 2.75) is 25.9 Å². The van der Waals surface area contributed by atoms with E-state index in [4.69, 9.17) is 0 Å². The number of halogens is 4. The van der Waals surface area contributed by atoms with Crippen molar-refractivity contribution in [2.75, 3.05) is 11.6 Å². The van der Waals surface area contributed by atoms with Crippen molar-refractivity contribution < 1.29 is 22.4 Å². The molecule has 0 unspecified atom stereocenters. The molecular weight excluding hydrogens is 390 g/mol. The number of hydrogen-bond donors (Lipinski definition) is 1. The molecule has 0 spiro atoms. The van der Waals surface area contributed by atoms with E-state index in [-0.39, 0.29) is 17.9 Å². The van der Waals surface area contributed by atoms with Crippen LogP contribution in [0.15, 0.2) is 46.8 Å². The molecule has 0 saturated carbocycles. The van der Waals surface area contributed by atoms with E-state index >= 15 is 0 Å². The minimum atomic E-state index is -4.65. The normalized spacial score (nSPS) is 14.6. The zero-order valence-electron chi connectivity index (χ0n) is 15.4. The Hall–Kier alpha value is -3.30. The van der Waals surface area contributed by atoms with Gasteiger partial charge in [-0.15, -0.1) is 0 Å². The zero-order valence-corrected chi connectivity index (χ0v) is 15.4. The largest absolute Gasteiger partial charge is 0.416 e. The van der Waals surface area contributed by atoms with Gasteiger partial charge in [-0.1, -0.05) is 0 Å². The molecule has 2 heterocycles. The summed E-state index contributed by atoms with van der Waals surface area (Å²) in [6.45, 7) is 5.62. The quantitative estimate of drug-likeness (QED) is 0.468. The summed E-state index contributed by atoms with van der Waals surface area (Å²) in [4.78, 5) is 11.9. The van der Waals surface area contributed by atoms with Crippen molar-refractivity contribution in [3.05, 3.63) is 64.4 Å². The Kier molecular flexibility index (Phi) is 5.62. The molecule has 1 aromatic heterocycles. The first-order valence-electron chi connectivity index (χ1n) is 8.62. The van der Waals surface area contributed by atoms with E-state index in [9.17, 15) is 22.4 Å². The average molecular weight is 407 g/mol. The third-order valence-electron chi connectivity index (χ3n) is 4.42. The molecule has 3 rings (SSSR count). The molecular formula is C19H17F4N5O. The first kappa shape index (κ1) is 20.4. The maximum absolute atomic E-state index is 13.6. The van der Waals surface area contributed by atoms with Crippen LogP contribution in [0.4, 0.5) is 23.2 Å². The van der Waals surface area contributed by atoms with E-state index in [0.29, 0.717) is 41.7 Å². The second-order valence-corrected chi connectivity index (χ2v) is 6.46. The fourth-order valence-electron chi connectivity index (χ4n) is 3.06. The Morgan fingerprint density at radius 2 is 2.03 bits per heavy atom. The van der Waals surface area contributed by atoms with Crippen molar-refractivity contribution in [3.8, 4) is 0 Å². The molecule has 0 bridgehead atoms. The summed E-state index contributed by atoms with van der Waals surface area (Å²) < 4.78 is 52.4. The van der Waals surface area contributed by atoms with Gasteiger partial charge in [-0.2, -0.15) is 28.5 Å². The Bertz CT molecular complexity index is 987. The van der Waals surface area contributed by atoms with Gasteiger partial charge in [0.1, 0.15) is 5.82 Å². The summed E-state index contributed by atoms with van der Waals surface area (Å²) >= 11 is 0. The Balaban J connectivity index is 1.92. The Morgan fingerprint density at radius 1 is 1.28 bits per heavy atom. The van der Waals surface area contributed by atoms with Crippen LogP contribution in [0, 0.1) is 5.82 Å². The number of benzene rings is 1. The maximum atomic E-state index is 13.6. The van der Waals surface area contributed by atoms with E-state index in [2.05, 4.69) is 27.3 Å². The average Bonchev–Trinajstić information content (AvgIpc) is 2.65. The molecule has 6 nitrogen and oxygen atoms in total. The fraction of sp³-hybridized carbons (Fsp3) is 0.263. The molecule has 0 aliphatic carbocycles. The maximum Gasteiger partial charge on any atom is 0.416 e. The summed E-state index contributed by atoms with van der Waals surface area (Å²) in [5, 5.41) is 15.9. The van der Waals surface area contributed by atoms with Crippen LogP contribution in [0.1, 0.15) is 30.2 Å². The molecule has 1 aromatic carbocycles. The highest BCUT2D eigenvalue weighted by atomic mass is 19.4. The van der Waals surface area contributed by atoms with E-state index in [1.807, 2.05) is 0 Å².